The van der Waals surface area contributed by atoms with Crippen LogP contribution in [0.3, 0.4) is 0 Å². The fraction of sp³-hybridized carbons (Fsp3) is 0.312. The topological polar surface area (TPSA) is 75.1 Å². The molecule has 0 fully saturated rings. The predicted octanol–water partition coefficient (Wildman–Crippen LogP) is 3.14. The molecule has 0 radical (unpaired) electrons. The zero-order valence-electron chi connectivity index (χ0n) is 12.4. The lowest BCUT2D eigenvalue weighted by atomic mass is 10.1. The molecule has 1 aromatic heterocycles. The van der Waals surface area contributed by atoms with Crippen molar-refractivity contribution in [1.29, 1.82) is 0 Å². The highest BCUT2D eigenvalue weighted by molar-refractivity contribution is 5.91. The largest absolute Gasteiger partial charge is 0.508 e. The van der Waals surface area contributed by atoms with Crippen LogP contribution in [0.15, 0.2) is 30.5 Å². The van der Waals surface area contributed by atoms with Gasteiger partial charge in [-0.2, -0.15) is 0 Å². The number of phenols is 1. The zero-order chi connectivity index (χ0) is 15.4. The maximum atomic E-state index is 11.9. The molecule has 2 rings (SSSR count). The Labute approximate surface area is 124 Å². The first-order valence-corrected chi connectivity index (χ1v) is 6.95. The van der Waals surface area contributed by atoms with Crippen molar-refractivity contribution in [2.24, 2.45) is 5.92 Å². The monoisotopic (exact) mass is 285 g/mol. The molecule has 110 valence electrons. The van der Waals surface area contributed by atoms with Crippen molar-refractivity contribution in [2.75, 3.05) is 5.32 Å². The highest BCUT2D eigenvalue weighted by Gasteiger charge is 2.13. The van der Waals surface area contributed by atoms with Gasteiger partial charge in [0.1, 0.15) is 5.75 Å². The molecular formula is C16H19N3O2. The summed E-state index contributed by atoms with van der Waals surface area (Å²) in [5.74, 6) is 0.596. The number of amides is 1. The maximum absolute atomic E-state index is 11.9. The number of aromatic nitrogens is 2. The summed E-state index contributed by atoms with van der Waals surface area (Å²) in [6.45, 7) is 5.66. The van der Waals surface area contributed by atoms with E-state index >= 15 is 0 Å². The third-order valence-electron chi connectivity index (χ3n) is 3.41. The lowest BCUT2D eigenvalue weighted by molar-refractivity contribution is -0.119. The van der Waals surface area contributed by atoms with Gasteiger partial charge in [0.2, 0.25) is 5.91 Å². The standard InChI is InChI=1S/C16H19N3O2/c1-4-10(2)16(21)19-15-11(3)18-14(9-17-15)12-5-7-13(20)8-6-12/h5-10,20H,4H2,1-3H3,(H,17,19,21). The number of hydrogen-bond donors (Lipinski definition) is 2. The molecule has 0 saturated carbocycles. The molecule has 2 N–H and O–H groups in total. The smallest absolute Gasteiger partial charge is 0.228 e. The number of nitrogens with zero attached hydrogens (tertiary/aromatic N) is 2. The van der Waals surface area contributed by atoms with Gasteiger partial charge in [0.25, 0.3) is 0 Å². The van der Waals surface area contributed by atoms with Gasteiger partial charge in [-0.05, 0) is 37.6 Å². The van der Waals surface area contributed by atoms with E-state index in [1.54, 1.807) is 30.5 Å². The fourth-order valence-corrected chi connectivity index (χ4v) is 1.80. The molecule has 0 bridgehead atoms. The summed E-state index contributed by atoms with van der Waals surface area (Å²) < 4.78 is 0. The first kappa shape index (κ1) is 15.0. The van der Waals surface area contributed by atoms with Gasteiger partial charge in [-0.1, -0.05) is 13.8 Å². The Morgan fingerprint density at radius 3 is 2.57 bits per heavy atom. The van der Waals surface area contributed by atoms with Gasteiger partial charge < -0.3 is 10.4 Å². The number of phenolic OH excluding ortho intramolecular Hbond substituents is 1. The molecule has 0 aliphatic carbocycles. The highest BCUT2D eigenvalue weighted by atomic mass is 16.3. The molecule has 1 aromatic carbocycles. The number of anilines is 1. The molecule has 0 aliphatic rings. The summed E-state index contributed by atoms with van der Waals surface area (Å²) in [4.78, 5) is 20.6. The van der Waals surface area contributed by atoms with Crippen molar-refractivity contribution < 1.29 is 9.90 Å². The molecule has 5 heteroatoms. The van der Waals surface area contributed by atoms with Crippen LogP contribution in [0.5, 0.6) is 5.75 Å². The van der Waals surface area contributed by atoms with E-state index in [0.717, 1.165) is 12.0 Å². The number of benzene rings is 1. The Bertz CT molecular complexity index is 638. The zero-order valence-corrected chi connectivity index (χ0v) is 12.4. The van der Waals surface area contributed by atoms with Gasteiger partial charge in [0.05, 0.1) is 17.6 Å². The van der Waals surface area contributed by atoms with Gasteiger partial charge in [-0.25, -0.2) is 9.97 Å². The summed E-state index contributed by atoms with van der Waals surface area (Å²) in [7, 11) is 0. The quantitative estimate of drug-likeness (QED) is 0.905. The average Bonchev–Trinajstić information content (AvgIpc) is 2.49. The third kappa shape index (κ3) is 3.56. The Balaban J connectivity index is 2.21. The minimum absolute atomic E-state index is 0.0488. The summed E-state index contributed by atoms with van der Waals surface area (Å²) >= 11 is 0. The number of aryl methyl sites for hydroxylation is 1. The normalized spacial score (nSPS) is 12.0. The van der Waals surface area contributed by atoms with Crippen LogP contribution in [0, 0.1) is 12.8 Å². The van der Waals surface area contributed by atoms with Crippen LogP contribution in [-0.4, -0.2) is 21.0 Å². The summed E-state index contributed by atoms with van der Waals surface area (Å²) in [6, 6.07) is 6.75. The van der Waals surface area contributed by atoms with Crippen molar-refractivity contribution in [1.82, 2.24) is 9.97 Å². The van der Waals surface area contributed by atoms with Crippen LogP contribution < -0.4 is 5.32 Å². The molecular weight excluding hydrogens is 266 g/mol. The van der Waals surface area contributed by atoms with Crippen molar-refractivity contribution in [3.8, 4) is 17.0 Å². The number of carbonyl (C=O) groups is 1. The van der Waals surface area contributed by atoms with Gasteiger partial charge >= 0.3 is 0 Å². The fourth-order valence-electron chi connectivity index (χ4n) is 1.80. The van der Waals surface area contributed by atoms with Gasteiger partial charge in [-0.3, -0.25) is 4.79 Å². The molecule has 0 saturated heterocycles. The number of hydrogen-bond acceptors (Lipinski definition) is 4. The first-order chi connectivity index (χ1) is 10.0. The molecule has 2 aromatic rings. The number of carbonyl (C=O) groups excluding carboxylic acids is 1. The molecule has 21 heavy (non-hydrogen) atoms. The van der Waals surface area contributed by atoms with Crippen molar-refractivity contribution in [3.05, 3.63) is 36.2 Å². The third-order valence-corrected chi connectivity index (χ3v) is 3.41. The van der Waals surface area contributed by atoms with Crippen molar-refractivity contribution in [2.45, 2.75) is 27.2 Å². The van der Waals surface area contributed by atoms with E-state index in [4.69, 9.17) is 0 Å². The van der Waals surface area contributed by atoms with E-state index < -0.39 is 0 Å². The van der Waals surface area contributed by atoms with E-state index in [9.17, 15) is 9.90 Å². The molecule has 1 heterocycles. The van der Waals surface area contributed by atoms with E-state index in [1.165, 1.54) is 0 Å². The summed E-state index contributed by atoms with van der Waals surface area (Å²) in [5, 5.41) is 12.1. The van der Waals surface area contributed by atoms with Gasteiger partial charge in [0, 0.05) is 11.5 Å². The molecule has 1 atom stereocenters. The van der Waals surface area contributed by atoms with Gasteiger partial charge in [0.15, 0.2) is 5.82 Å². The molecule has 1 unspecified atom stereocenters. The van der Waals surface area contributed by atoms with Crippen LogP contribution in [-0.2, 0) is 4.79 Å². The first-order valence-electron chi connectivity index (χ1n) is 6.95. The molecule has 0 aliphatic heterocycles. The van der Waals surface area contributed by atoms with Crippen molar-refractivity contribution in [3.63, 3.8) is 0 Å². The van der Waals surface area contributed by atoms with E-state index in [2.05, 4.69) is 15.3 Å². The van der Waals surface area contributed by atoms with E-state index in [1.807, 2.05) is 20.8 Å². The Morgan fingerprint density at radius 2 is 2.00 bits per heavy atom. The Kier molecular flexibility index (Phi) is 4.52. The minimum Gasteiger partial charge on any atom is -0.508 e. The summed E-state index contributed by atoms with van der Waals surface area (Å²) in [6.07, 6.45) is 2.40. The van der Waals surface area contributed by atoms with E-state index in [0.29, 0.717) is 17.2 Å². The predicted molar refractivity (Wildman–Crippen MR) is 82.0 cm³/mol. The lowest BCUT2D eigenvalue weighted by Crippen LogP contribution is -2.21. The highest BCUT2D eigenvalue weighted by Crippen LogP contribution is 2.21. The molecule has 1 amide bonds. The lowest BCUT2D eigenvalue weighted by Gasteiger charge is -2.11. The maximum Gasteiger partial charge on any atom is 0.228 e. The average molecular weight is 285 g/mol. The number of rotatable bonds is 4. The van der Waals surface area contributed by atoms with E-state index in [-0.39, 0.29) is 17.6 Å². The second-order valence-corrected chi connectivity index (χ2v) is 5.03. The molecule has 0 spiro atoms. The van der Waals surface area contributed by atoms with Gasteiger partial charge in [-0.15, -0.1) is 0 Å². The number of aromatic hydroxyl groups is 1. The summed E-state index contributed by atoms with van der Waals surface area (Å²) in [5.41, 5.74) is 2.23. The number of nitrogens with one attached hydrogen (secondary N) is 1. The van der Waals surface area contributed by atoms with Crippen molar-refractivity contribution >= 4 is 11.7 Å². The van der Waals surface area contributed by atoms with Crippen LogP contribution in [0.1, 0.15) is 26.0 Å². The van der Waals surface area contributed by atoms with Crippen LogP contribution in [0.2, 0.25) is 0 Å². The second-order valence-electron chi connectivity index (χ2n) is 5.03. The Morgan fingerprint density at radius 1 is 1.33 bits per heavy atom. The van der Waals surface area contributed by atoms with Crippen LogP contribution in [0.25, 0.3) is 11.3 Å². The minimum atomic E-state index is -0.0528. The molecule has 5 nitrogen and oxygen atoms in total. The second kappa shape index (κ2) is 6.35. The SMILES string of the molecule is CCC(C)C(=O)Nc1ncc(-c2ccc(O)cc2)nc1C. The van der Waals surface area contributed by atoms with Crippen LogP contribution >= 0.6 is 0 Å². The Hall–Kier alpha value is -2.43. The van der Waals surface area contributed by atoms with Crippen LogP contribution in [0.4, 0.5) is 5.82 Å².